The molecule has 3 heteroatoms. The highest BCUT2D eigenvalue weighted by molar-refractivity contribution is 6.01. The lowest BCUT2D eigenvalue weighted by molar-refractivity contribution is 0.0698. The van der Waals surface area contributed by atoms with Gasteiger partial charge < -0.3 is 10.0 Å². The van der Waals surface area contributed by atoms with E-state index in [1.54, 1.807) is 6.07 Å². The average Bonchev–Trinajstić information content (AvgIpc) is 2.91. The minimum Gasteiger partial charge on any atom is -0.478 e. The van der Waals surface area contributed by atoms with Crippen molar-refractivity contribution in [3.63, 3.8) is 0 Å². The number of anilines is 1. The monoisotopic (exact) mass is 239 g/mol. The van der Waals surface area contributed by atoms with Crippen molar-refractivity contribution in [2.45, 2.75) is 0 Å². The van der Waals surface area contributed by atoms with E-state index in [1.807, 2.05) is 30.3 Å². The molecule has 1 aliphatic heterocycles. The Morgan fingerprint density at radius 3 is 2.28 bits per heavy atom. The van der Waals surface area contributed by atoms with Gasteiger partial charge in [0, 0.05) is 13.1 Å². The molecule has 90 valence electrons. The van der Waals surface area contributed by atoms with Gasteiger partial charge in [0.05, 0.1) is 11.3 Å². The van der Waals surface area contributed by atoms with E-state index in [2.05, 4.69) is 17.1 Å². The van der Waals surface area contributed by atoms with Crippen molar-refractivity contribution in [3.8, 4) is 0 Å². The molecule has 0 atom stereocenters. The highest BCUT2D eigenvalue weighted by Crippen LogP contribution is 2.28. The predicted octanol–water partition coefficient (Wildman–Crippen LogP) is 2.91. The number of hydrogen-bond acceptors (Lipinski definition) is 2. The Bertz CT molecular complexity index is 638. The average molecular weight is 239 g/mol. The zero-order chi connectivity index (χ0) is 12.5. The molecule has 0 unspecified atom stereocenters. The smallest absolute Gasteiger partial charge is 0.337 e. The molecule has 0 aliphatic carbocycles. The Balaban J connectivity index is 2.20. The Labute approximate surface area is 105 Å². The summed E-state index contributed by atoms with van der Waals surface area (Å²) in [7, 11) is 0. The molecule has 3 rings (SSSR count). The first kappa shape index (κ1) is 10.8. The van der Waals surface area contributed by atoms with Crippen molar-refractivity contribution in [1.29, 1.82) is 0 Å². The van der Waals surface area contributed by atoms with E-state index in [9.17, 15) is 9.90 Å². The zero-order valence-corrected chi connectivity index (χ0v) is 9.84. The van der Waals surface area contributed by atoms with Gasteiger partial charge in [-0.2, -0.15) is 0 Å². The third-order valence-electron chi connectivity index (χ3n) is 3.25. The van der Waals surface area contributed by atoms with Crippen LogP contribution in [-0.4, -0.2) is 24.2 Å². The van der Waals surface area contributed by atoms with Gasteiger partial charge in [-0.1, -0.05) is 36.4 Å². The van der Waals surface area contributed by atoms with E-state index < -0.39 is 5.97 Å². The van der Waals surface area contributed by atoms with Gasteiger partial charge in [-0.05, 0) is 22.9 Å². The Morgan fingerprint density at radius 1 is 1.06 bits per heavy atom. The van der Waals surface area contributed by atoms with Gasteiger partial charge in [-0.15, -0.1) is 0 Å². The van der Waals surface area contributed by atoms with Gasteiger partial charge in [0.1, 0.15) is 0 Å². The second kappa shape index (κ2) is 4.18. The molecule has 0 fully saturated rings. The summed E-state index contributed by atoms with van der Waals surface area (Å²) in [5.41, 5.74) is 1.17. The van der Waals surface area contributed by atoms with Crippen LogP contribution in [0.4, 0.5) is 5.69 Å². The van der Waals surface area contributed by atoms with Gasteiger partial charge >= 0.3 is 5.97 Å². The number of nitrogens with zero attached hydrogens (tertiary/aromatic N) is 1. The number of carboxylic acids is 1. The molecule has 1 aliphatic rings. The van der Waals surface area contributed by atoms with Gasteiger partial charge in [0.15, 0.2) is 0 Å². The summed E-state index contributed by atoms with van der Waals surface area (Å²) >= 11 is 0. The molecule has 0 amide bonds. The number of rotatable bonds is 2. The van der Waals surface area contributed by atoms with E-state index in [-0.39, 0.29) is 0 Å². The maximum Gasteiger partial charge on any atom is 0.337 e. The van der Waals surface area contributed by atoms with Crippen molar-refractivity contribution in [2.75, 3.05) is 18.0 Å². The van der Waals surface area contributed by atoms with Crippen molar-refractivity contribution in [1.82, 2.24) is 0 Å². The van der Waals surface area contributed by atoms with Crippen LogP contribution in [0.3, 0.4) is 0 Å². The number of benzene rings is 2. The fourth-order valence-electron chi connectivity index (χ4n) is 2.34. The Kier molecular flexibility index (Phi) is 2.52. The van der Waals surface area contributed by atoms with Crippen molar-refractivity contribution >= 4 is 22.4 Å². The van der Waals surface area contributed by atoms with Crippen LogP contribution < -0.4 is 4.90 Å². The maximum atomic E-state index is 11.4. The Morgan fingerprint density at radius 2 is 1.67 bits per heavy atom. The van der Waals surface area contributed by atoms with E-state index in [0.29, 0.717) is 5.56 Å². The summed E-state index contributed by atoms with van der Waals surface area (Å²) in [5.74, 6) is -0.873. The van der Waals surface area contributed by atoms with Crippen LogP contribution in [0.5, 0.6) is 0 Å². The van der Waals surface area contributed by atoms with Gasteiger partial charge in [-0.3, -0.25) is 0 Å². The highest BCUT2D eigenvalue weighted by Gasteiger charge is 2.17. The highest BCUT2D eigenvalue weighted by atomic mass is 16.4. The van der Waals surface area contributed by atoms with Gasteiger partial charge in [0.25, 0.3) is 0 Å². The summed E-state index contributed by atoms with van der Waals surface area (Å²) in [6.07, 6.45) is 4.11. The number of hydrogen-bond donors (Lipinski definition) is 1. The normalized spacial score (nSPS) is 14.3. The van der Waals surface area contributed by atoms with Crippen LogP contribution in [0.2, 0.25) is 0 Å². The summed E-state index contributed by atoms with van der Waals surface area (Å²) in [5, 5.41) is 11.4. The molecule has 0 spiro atoms. The number of fused-ring (bicyclic) bond motifs is 1. The van der Waals surface area contributed by atoms with E-state index in [1.165, 1.54) is 0 Å². The van der Waals surface area contributed by atoms with Crippen LogP contribution in [0.1, 0.15) is 10.4 Å². The minimum atomic E-state index is -0.873. The molecule has 18 heavy (non-hydrogen) atoms. The SMILES string of the molecule is O=C(O)c1cc2ccccc2cc1N1CC=CC1. The van der Waals surface area contributed by atoms with Crippen molar-refractivity contribution in [3.05, 3.63) is 54.1 Å². The fraction of sp³-hybridized carbons (Fsp3) is 0.133. The topological polar surface area (TPSA) is 40.5 Å². The molecule has 0 radical (unpaired) electrons. The number of carboxylic acid groups (broad SMARTS) is 1. The third kappa shape index (κ3) is 1.74. The first-order chi connectivity index (χ1) is 8.75. The molecule has 0 aromatic heterocycles. The molecule has 1 heterocycles. The summed E-state index contributed by atoms with van der Waals surface area (Å²) < 4.78 is 0. The zero-order valence-electron chi connectivity index (χ0n) is 9.84. The van der Waals surface area contributed by atoms with E-state index in [4.69, 9.17) is 0 Å². The number of aromatic carboxylic acids is 1. The van der Waals surface area contributed by atoms with Gasteiger partial charge in [0.2, 0.25) is 0 Å². The molecule has 0 saturated carbocycles. The molecular weight excluding hydrogens is 226 g/mol. The third-order valence-corrected chi connectivity index (χ3v) is 3.25. The maximum absolute atomic E-state index is 11.4. The van der Waals surface area contributed by atoms with Crippen molar-refractivity contribution < 1.29 is 9.90 Å². The van der Waals surface area contributed by atoms with Crippen LogP contribution in [0, 0.1) is 0 Å². The number of carbonyl (C=O) groups is 1. The first-order valence-corrected chi connectivity index (χ1v) is 5.92. The second-order valence-electron chi connectivity index (χ2n) is 4.40. The molecule has 2 aromatic rings. The van der Waals surface area contributed by atoms with Crippen LogP contribution >= 0.6 is 0 Å². The lowest BCUT2D eigenvalue weighted by Gasteiger charge is -2.20. The molecule has 0 saturated heterocycles. The van der Waals surface area contributed by atoms with Crippen molar-refractivity contribution in [2.24, 2.45) is 0 Å². The molecular formula is C15H13NO2. The lowest BCUT2D eigenvalue weighted by atomic mass is 10.0. The standard InChI is InChI=1S/C15H13NO2/c17-15(18)13-9-11-5-1-2-6-12(11)10-14(13)16-7-3-4-8-16/h1-6,9-10H,7-8H2,(H,17,18). The lowest BCUT2D eigenvalue weighted by Crippen LogP contribution is -2.21. The molecule has 3 nitrogen and oxygen atoms in total. The molecule has 0 bridgehead atoms. The minimum absolute atomic E-state index is 0.373. The predicted molar refractivity (Wildman–Crippen MR) is 72.3 cm³/mol. The largest absolute Gasteiger partial charge is 0.478 e. The summed E-state index contributed by atoms with van der Waals surface area (Å²) in [6, 6.07) is 11.6. The van der Waals surface area contributed by atoms with Crippen LogP contribution in [0.25, 0.3) is 10.8 Å². The van der Waals surface area contributed by atoms with Crippen LogP contribution in [-0.2, 0) is 0 Å². The second-order valence-corrected chi connectivity index (χ2v) is 4.40. The first-order valence-electron chi connectivity index (χ1n) is 5.92. The Hall–Kier alpha value is -2.29. The molecule has 2 aromatic carbocycles. The van der Waals surface area contributed by atoms with Crippen LogP contribution in [0.15, 0.2) is 48.6 Å². The van der Waals surface area contributed by atoms with E-state index >= 15 is 0 Å². The summed E-state index contributed by atoms with van der Waals surface area (Å²) in [6.45, 7) is 1.55. The quantitative estimate of drug-likeness (QED) is 0.819. The van der Waals surface area contributed by atoms with E-state index in [0.717, 1.165) is 29.5 Å². The summed E-state index contributed by atoms with van der Waals surface area (Å²) in [4.78, 5) is 13.4. The molecule has 1 N–H and O–H groups in total. The fourth-order valence-corrected chi connectivity index (χ4v) is 2.34. The van der Waals surface area contributed by atoms with Gasteiger partial charge in [-0.25, -0.2) is 4.79 Å².